The molecule has 0 unspecified atom stereocenters. The molecule has 1 aromatic carbocycles. The molecular weight excluding hydrogens is 494 g/mol. The van der Waals surface area contributed by atoms with Crippen LogP contribution in [-0.4, -0.2) is 33.6 Å². The minimum absolute atomic E-state index is 0. The molecule has 2 heterocycles. The normalized spacial score (nSPS) is 14.7. The summed E-state index contributed by atoms with van der Waals surface area (Å²) in [5.74, 6) is 1.40. The van der Waals surface area contributed by atoms with Crippen LogP contribution >= 0.6 is 24.0 Å². The van der Waals surface area contributed by atoms with Gasteiger partial charge in [0, 0.05) is 37.1 Å². The largest absolute Gasteiger partial charge is 0.357 e. The number of halogens is 2. The second-order valence-electron chi connectivity index (χ2n) is 7.33. The highest BCUT2D eigenvalue weighted by Crippen LogP contribution is 2.47. The minimum atomic E-state index is -0.180. The number of aromatic nitrogens is 3. The zero-order valence-corrected chi connectivity index (χ0v) is 19.2. The second-order valence-corrected chi connectivity index (χ2v) is 7.33. The van der Waals surface area contributed by atoms with Crippen LogP contribution in [0.4, 0.5) is 4.39 Å². The Morgan fingerprint density at radius 2 is 2.10 bits per heavy atom. The summed E-state index contributed by atoms with van der Waals surface area (Å²) in [4.78, 5) is 13.2. The molecule has 3 aromatic rings. The number of pyridine rings is 1. The van der Waals surface area contributed by atoms with Crippen LogP contribution in [-0.2, 0) is 12.0 Å². The van der Waals surface area contributed by atoms with Gasteiger partial charge in [0.25, 0.3) is 0 Å². The van der Waals surface area contributed by atoms with Crippen molar-refractivity contribution in [1.29, 1.82) is 0 Å². The molecule has 1 aliphatic rings. The Morgan fingerprint density at radius 1 is 1.23 bits per heavy atom. The van der Waals surface area contributed by atoms with Crippen molar-refractivity contribution in [3.63, 3.8) is 0 Å². The van der Waals surface area contributed by atoms with E-state index in [0.717, 1.165) is 48.8 Å². The lowest BCUT2D eigenvalue weighted by Crippen LogP contribution is -2.41. The molecule has 30 heavy (non-hydrogen) atoms. The van der Waals surface area contributed by atoms with E-state index in [2.05, 4.69) is 25.6 Å². The van der Waals surface area contributed by atoms with Gasteiger partial charge in [0.05, 0.1) is 6.54 Å². The number of imidazole rings is 1. The van der Waals surface area contributed by atoms with E-state index in [0.29, 0.717) is 6.54 Å². The van der Waals surface area contributed by atoms with Crippen LogP contribution in [0.2, 0.25) is 0 Å². The third-order valence-corrected chi connectivity index (χ3v) is 5.23. The Balaban J connectivity index is 0.00000256. The molecule has 8 heteroatoms. The summed E-state index contributed by atoms with van der Waals surface area (Å²) in [6, 6.07) is 10.9. The molecular formula is C22H26FIN6. The Labute approximate surface area is 193 Å². The zero-order chi connectivity index (χ0) is 20.1. The molecule has 2 aromatic heterocycles. The molecule has 1 fully saturated rings. The summed E-state index contributed by atoms with van der Waals surface area (Å²) in [7, 11) is 0. The van der Waals surface area contributed by atoms with E-state index < -0.39 is 0 Å². The fraction of sp³-hybridized carbons (Fsp3) is 0.318. The molecule has 0 radical (unpaired) electrons. The van der Waals surface area contributed by atoms with E-state index in [9.17, 15) is 4.39 Å². The van der Waals surface area contributed by atoms with Crippen LogP contribution in [0, 0.1) is 5.82 Å². The van der Waals surface area contributed by atoms with Crippen molar-refractivity contribution in [3.8, 4) is 5.82 Å². The first-order valence-corrected chi connectivity index (χ1v) is 9.90. The second kappa shape index (κ2) is 10.0. The standard InChI is InChI=1S/C22H25FN6.HI/c1-2-25-21(28-15-22(8-9-22)18-4-3-5-19(23)12-18)27-14-17-6-7-20(26-13-17)29-11-10-24-16-29;/h3-7,10-13,16H,2,8-9,14-15H2,1H3,(H2,25,27,28);1H. The van der Waals surface area contributed by atoms with Crippen molar-refractivity contribution in [2.75, 3.05) is 13.1 Å². The highest BCUT2D eigenvalue weighted by Gasteiger charge is 2.44. The summed E-state index contributed by atoms with van der Waals surface area (Å²) in [5.41, 5.74) is 2.09. The topological polar surface area (TPSA) is 67.1 Å². The highest BCUT2D eigenvalue weighted by molar-refractivity contribution is 14.0. The number of guanidine groups is 1. The summed E-state index contributed by atoms with van der Waals surface area (Å²) in [5, 5.41) is 6.71. The van der Waals surface area contributed by atoms with Gasteiger partial charge < -0.3 is 10.6 Å². The zero-order valence-electron chi connectivity index (χ0n) is 16.9. The molecule has 1 saturated carbocycles. The predicted octanol–water partition coefficient (Wildman–Crippen LogP) is 3.81. The number of hydrogen-bond donors (Lipinski definition) is 2. The van der Waals surface area contributed by atoms with E-state index >= 15 is 0 Å². The first-order chi connectivity index (χ1) is 14.2. The lowest BCUT2D eigenvalue weighted by atomic mass is 9.96. The van der Waals surface area contributed by atoms with Gasteiger partial charge in [0.15, 0.2) is 5.96 Å². The molecule has 0 saturated heterocycles. The number of aliphatic imine (C=N–C) groups is 1. The average molecular weight is 520 g/mol. The molecule has 4 rings (SSSR count). The van der Waals surface area contributed by atoms with Gasteiger partial charge in [-0.05, 0) is 49.1 Å². The van der Waals surface area contributed by atoms with Gasteiger partial charge in [-0.3, -0.25) is 4.57 Å². The van der Waals surface area contributed by atoms with Crippen LogP contribution in [0.1, 0.15) is 30.9 Å². The molecule has 6 nitrogen and oxygen atoms in total. The van der Waals surface area contributed by atoms with Gasteiger partial charge in [0.2, 0.25) is 0 Å². The van der Waals surface area contributed by atoms with Gasteiger partial charge >= 0.3 is 0 Å². The minimum Gasteiger partial charge on any atom is -0.357 e. The maximum Gasteiger partial charge on any atom is 0.191 e. The van der Waals surface area contributed by atoms with Crippen molar-refractivity contribution in [1.82, 2.24) is 25.2 Å². The van der Waals surface area contributed by atoms with Crippen molar-refractivity contribution < 1.29 is 4.39 Å². The van der Waals surface area contributed by atoms with Crippen molar-refractivity contribution in [3.05, 3.63) is 78.3 Å². The lowest BCUT2D eigenvalue weighted by Gasteiger charge is -2.19. The van der Waals surface area contributed by atoms with E-state index in [1.807, 2.05) is 42.1 Å². The highest BCUT2D eigenvalue weighted by atomic mass is 127. The van der Waals surface area contributed by atoms with Crippen LogP contribution in [0.15, 0.2) is 66.3 Å². The van der Waals surface area contributed by atoms with Gasteiger partial charge in [-0.15, -0.1) is 24.0 Å². The number of benzene rings is 1. The summed E-state index contributed by atoms with van der Waals surface area (Å²) in [6.07, 6.45) is 9.26. The quantitative estimate of drug-likeness (QED) is 0.283. The maximum atomic E-state index is 13.6. The Morgan fingerprint density at radius 3 is 2.73 bits per heavy atom. The van der Waals surface area contributed by atoms with Crippen molar-refractivity contribution >= 4 is 29.9 Å². The van der Waals surface area contributed by atoms with Crippen molar-refractivity contribution in [2.45, 2.75) is 31.7 Å². The predicted molar refractivity (Wildman–Crippen MR) is 127 cm³/mol. The fourth-order valence-electron chi connectivity index (χ4n) is 3.36. The molecule has 1 aliphatic carbocycles. The Hall–Kier alpha value is -2.49. The first kappa shape index (κ1) is 22.2. The number of nitrogens with zero attached hydrogens (tertiary/aromatic N) is 4. The van der Waals surface area contributed by atoms with Gasteiger partial charge in [-0.2, -0.15) is 0 Å². The average Bonchev–Trinajstić information content (AvgIpc) is 3.34. The van der Waals surface area contributed by atoms with Gasteiger partial charge in [-0.1, -0.05) is 18.2 Å². The summed E-state index contributed by atoms with van der Waals surface area (Å²) < 4.78 is 15.5. The molecule has 2 N–H and O–H groups in total. The van der Waals surface area contributed by atoms with Crippen LogP contribution in [0.25, 0.3) is 5.82 Å². The molecule has 0 spiro atoms. The Kier molecular flexibility index (Phi) is 7.41. The van der Waals surface area contributed by atoms with Crippen LogP contribution in [0.3, 0.4) is 0 Å². The molecule has 0 amide bonds. The lowest BCUT2D eigenvalue weighted by molar-refractivity contribution is 0.607. The van der Waals surface area contributed by atoms with Crippen LogP contribution in [0.5, 0.6) is 0 Å². The molecule has 0 bridgehead atoms. The fourth-order valence-corrected chi connectivity index (χ4v) is 3.36. The van der Waals surface area contributed by atoms with E-state index in [1.54, 1.807) is 24.7 Å². The number of hydrogen-bond acceptors (Lipinski definition) is 3. The van der Waals surface area contributed by atoms with E-state index in [-0.39, 0.29) is 35.2 Å². The SMILES string of the molecule is CCNC(=NCc1ccc(-n2ccnc2)nc1)NCC1(c2cccc(F)c2)CC1.I. The monoisotopic (exact) mass is 520 g/mol. The molecule has 0 aliphatic heterocycles. The third kappa shape index (κ3) is 5.35. The Bertz CT molecular complexity index is 968. The van der Waals surface area contributed by atoms with E-state index in [1.165, 1.54) is 6.07 Å². The molecule has 158 valence electrons. The van der Waals surface area contributed by atoms with Crippen LogP contribution < -0.4 is 10.6 Å². The number of rotatable bonds is 7. The van der Waals surface area contributed by atoms with Gasteiger partial charge in [0.1, 0.15) is 18.0 Å². The smallest absolute Gasteiger partial charge is 0.191 e. The van der Waals surface area contributed by atoms with Gasteiger partial charge in [-0.25, -0.2) is 19.4 Å². The number of nitrogens with one attached hydrogen (secondary N) is 2. The van der Waals surface area contributed by atoms with Crippen molar-refractivity contribution in [2.24, 2.45) is 4.99 Å². The first-order valence-electron chi connectivity index (χ1n) is 9.90. The maximum absolute atomic E-state index is 13.6. The molecule has 0 atom stereocenters. The third-order valence-electron chi connectivity index (χ3n) is 5.23. The van der Waals surface area contributed by atoms with E-state index in [4.69, 9.17) is 0 Å². The summed E-state index contributed by atoms with van der Waals surface area (Å²) in [6.45, 7) is 4.08. The summed E-state index contributed by atoms with van der Waals surface area (Å²) >= 11 is 0.